The molecule has 3 heterocycles. The zero-order valence-corrected chi connectivity index (χ0v) is 15.2. The summed E-state index contributed by atoms with van der Waals surface area (Å²) in [7, 11) is 0. The van der Waals surface area contributed by atoms with Crippen LogP contribution in [0.15, 0.2) is 58.7 Å². The molecule has 4 rings (SSSR count). The second-order valence-electron chi connectivity index (χ2n) is 5.68. The van der Waals surface area contributed by atoms with Gasteiger partial charge in [0.05, 0.1) is 17.8 Å². The highest BCUT2D eigenvalue weighted by molar-refractivity contribution is 7.99. The van der Waals surface area contributed by atoms with E-state index in [1.807, 2.05) is 36.4 Å². The zero-order valence-electron chi connectivity index (χ0n) is 13.6. The molecule has 0 fully saturated rings. The van der Waals surface area contributed by atoms with Crippen molar-refractivity contribution in [2.24, 2.45) is 5.73 Å². The standard InChI is InChI=1S/C18H14N4O2S2/c19-14(23)10-25-18-21-15-12-5-1-2-6-13(12)26-16(15)17(24)22(18)9-11-4-3-7-20-8-11/h1-8H,9-10H2,(H2,19,23). The first-order chi connectivity index (χ1) is 12.6. The van der Waals surface area contributed by atoms with Crippen molar-refractivity contribution in [2.45, 2.75) is 11.7 Å². The molecule has 0 unspecified atom stereocenters. The average Bonchev–Trinajstić information content (AvgIpc) is 3.02. The molecule has 6 nitrogen and oxygen atoms in total. The normalized spacial score (nSPS) is 11.2. The average molecular weight is 382 g/mol. The lowest BCUT2D eigenvalue weighted by atomic mass is 10.2. The SMILES string of the molecule is NC(=O)CSc1nc2c(sc3ccccc32)c(=O)n1Cc1cccnc1. The fourth-order valence-corrected chi connectivity index (χ4v) is 4.53. The third kappa shape index (κ3) is 3.09. The highest BCUT2D eigenvalue weighted by Gasteiger charge is 2.17. The van der Waals surface area contributed by atoms with Crippen molar-refractivity contribution in [2.75, 3.05) is 5.75 Å². The number of thiophene rings is 1. The van der Waals surface area contributed by atoms with Crippen LogP contribution in [-0.4, -0.2) is 26.2 Å². The molecule has 1 amide bonds. The maximum absolute atomic E-state index is 13.2. The minimum atomic E-state index is -0.451. The lowest BCUT2D eigenvalue weighted by molar-refractivity contribution is -0.115. The molecule has 1 aromatic carbocycles. The topological polar surface area (TPSA) is 90.9 Å². The Kier molecular flexibility index (Phi) is 4.44. The maximum atomic E-state index is 13.2. The molecule has 0 aliphatic carbocycles. The van der Waals surface area contributed by atoms with E-state index in [-0.39, 0.29) is 11.3 Å². The van der Waals surface area contributed by atoms with E-state index in [1.54, 1.807) is 17.0 Å². The van der Waals surface area contributed by atoms with Crippen molar-refractivity contribution >= 4 is 49.3 Å². The zero-order chi connectivity index (χ0) is 18.1. The lowest BCUT2D eigenvalue weighted by Gasteiger charge is -2.11. The lowest BCUT2D eigenvalue weighted by Crippen LogP contribution is -2.24. The number of rotatable bonds is 5. The molecule has 26 heavy (non-hydrogen) atoms. The number of carbonyl (C=O) groups is 1. The highest BCUT2D eigenvalue weighted by atomic mass is 32.2. The number of hydrogen-bond acceptors (Lipinski definition) is 6. The second-order valence-corrected chi connectivity index (χ2v) is 7.67. The molecule has 130 valence electrons. The quantitative estimate of drug-likeness (QED) is 0.423. The van der Waals surface area contributed by atoms with Gasteiger partial charge in [-0.3, -0.25) is 19.1 Å². The molecule has 3 aromatic heterocycles. The van der Waals surface area contributed by atoms with Gasteiger partial charge in [-0.2, -0.15) is 0 Å². The third-order valence-corrected chi connectivity index (χ3v) is 6.00. The Morgan fingerprint density at radius 2 is 2.08 bits per heavy atom. The van der Waals surface area contributed by atoms with E-state index in [0.717, 1.165) is 15.6 Å². The number of aromatic nitrogens is 3. The van der Waals surface area contributed by atoms with Crippen LogP contribution in [0, 0.1) is 0 Å². The van der Waals surface area contributed by atoms with E-state index in [9.17, 15) is 9.59 Å². The summed E-state index contributed by atoms with van der Waals surface area (Å²) in [5, 5.41) is 1.42. The predicted molar refractivity (Wildman–Crippen MR) is 105 cm³/mol. The van der Waals surface area contributed by atoms with Crippen LogP contribution < -0.4 is 11.3 Å². The number of hydrogen-bond donors (Lipinski definition) is 1. The van der Waals surface area contributed by atoms with Crippen LogP contribution in [0.4, 0.5) is 0 Å². The van der Waals surface area contributed by atoms with Crippen LogP contribution in [0.25, 0.3) is 20.3 Å². The van der Waals surface area contributed by atoms with Crippen LogP contribution in [0.2, 0.25) is 0 Å². The second kappa shape index (κ2) is 6.89. The molecule has 0 radical (unpaired) electrons. The maximum Gasteiger partial charge on any atom is 0.272 e. The summed E-state index contributed by atoms with van der Waals surface area (Å²) in [6.45, 7) is 0.338. The minimum Gasteiger partial charge on any atom is -0.369 e. The summed E-state index contributed by atoms with van der Waals surface area (Å²) in [6, 6.07) is 11.5. The number of fused-ring (bicyclic) bond motifs is 3. The van der Waals surface area contributed by atoms with Crippen LogP contribution in [0.1, 0.15) is 5.56 Å². The van der Waals surface area contributed by atoms with Gasteiger partial charge in [0, 0.05) is 22.5 Å². The fraction of sp³-hybridized carbons (Fsp3) is 0.111. The molecule has 0 saturated carbocycles. The monoisotopic (exact) mass is 382 g/mol. The molecule has 4 aromatic rings. The third-order valence-electron chi connectivity index (χ3n) is 3.85. The summed E-state index contributed by atoms with van der Waals surface area (Å²) < 4.78 is 3.21. The molecule has 0 spiro atoms. The first-order valence-corrected chi connectivity index (χ1v) is 9.66. The van der Waals surface area contributed by atoms with Crippen molar-refractivity contribution in [3.8, 4) is 0 Å². The molecular weight excluding hydrogens is 368 g/mol. The molecule has 2 N–H and O–H groups in total. The van der Waals surface area contributed by atoms with Gasteiger partial charge in [-0.15, -0.1) is 11.3 Å². The molecule has 0 atom stereocenters. The first kappa shape index (κ1) is 16.7. The van der Waals surface area contributed by atoms with E-state index in [2.05, 4.69) is 4.98 Å². The minimum absolute atomic E-state index is 0.0626. The van der Waals surface area contributed by atoms with Crippen LogP contribution in [0.5, 0.6) is 0 Å². The number of primary amides is 1. The largest absolute Gasteiger partial charge is 0.369 e. The molecular formula is C18H14N4O2S2. The number of benzene rings is 1. The Morgan fingerprint density at radius 3 is 2.85 bits per heavy atom. The molecule has 0 bridgehead atoms. The van der Waals surface area contributed by atoms with Crippen LogP contribution in [-0.2, 0) is 11.3 Å². The van der Waals surface area contributed by atoms with Crippen LogP contribution >= 0.6 is 23.1 Å². The molecule has 0 saturated heterocycles. The number of thioether (sulfide) groups is 1. The van der Waals surface area contributed by atoms with Gasteiger partial charge in [-0.1, -0.05) is 36.0 Å². The number of nitrogens with zero attached hydrogens (tertiary/aromatic N) is 3. The Balaban J connectivity index is 1.93. The Bertz CT molecular complexity index is 1170. The molecule has 0 aliphatic heterocycles. The van der Waals surface area contributed by atoms with Crippen molar-refractivity contribution in [3.05, 3.63) is 64.7 Å². The summed E-state index contributed by atoms with van der Waals surface area (Å²) in [5.41, 5.74) is 6.72. The number of carbonyl (C=O) groups excluding carboxylic acids is 1. The van der Waals surface area contributed by atoms with Gasteiger partial charge in [0.25, 0.3) is 5.56 Å². The van der Waals surface area contributed by atoms with E-state index in [1.165, 1.54) is 23.1 Å². The first-order valence-electron chi connectivity index (χ1n) is 7.85. The van der Waals surface area contributed by atoms with Gasteiger partial charge in [-0.25, -0.2) is 4.98 Å². The smallest absolute Gasteiger partial charge is 0.272 e. The van der Waals surface area contributed by atoms with Crippen LogP contribution in [0.3, 0.4) is 0 Å². The Morgan fingerprint density at radius 1 is 1.23 bits per heavy atom. The van der Waals surface area contributed by atoms with Crippen molar-refractivity contribution < 1.29 is 4.79 Å². The number of nitrogens with two attached hydrogens (primary N) is 1. The van der Waals surface area contributed by atoms with Gasteiger partial charge in [0.1, 0.15) is 4.70 Å². The van der Waals surface area contributed by atoms with Crippen molar-refractivity contribution in [1.29, 1.82) is 0 Å². The van der Waals surface area contributed by atoms with Gasteiger partial charge in [0.15, 0.2) is 5.16 Å². The van der Waals surface area contributed by atoms with Crippen molar-refractivity contribution in [1.82, 2.24) is 14.5 Å². The van der Waals surface area contributed by atoms with E-state index in [4.69, 9.17) is 10.7 Å². The summed E-state index contributed by atoms with van der Waals surface area (Å²) in [6.07, 6.45) is 3.40. The molecule has 0 aliphatic rings. The van der Waals surface area contributed by atoms with E-state index < -0.39 is 5.91 Å². The highest BCUT2D eigenvalue weighted by Crippen LogP contribution is 2.31. The van der Waals surface area contributed by atoms with Crippen molar-refractivity contribution in [3.63, 3.8) is 0 Å². The van der Waals surface area contributed by atoms with Gasteiger partial charge in [-0.05, 0) is 17.7 Å². The van der Waals surface area contributed by atoms with Gasteiger partial charge >= 0.3 is 0 Å². The van der Waals surface area contributed by atoms with E-state index >= 15 is 0 Å². The fourth-order valence-electron chi connectivity index (χ4n) is 2.71. The summed E-state index contributed by atoms with van der Waals surface area (Å²) >= 11 is 2.61. The summed E-state index contributed by atoms with van der Waals surface area (Å²) in [5.74, 6) is -0.389. The Labute approximate surface area is 156 Å². The van der Waals surface area contributed by atoms with Gasteiger partial charge in [0.2, 0.25) is 5.91 Å². The van der Waals surface area contributed by atoms with Gasteiger partial charge < -0.3 is 5.73 Å². The number of amides is 1. The number of pyridine rings is 1. The molecule has 8 heteroatoms. The van der Waals surface area contributed by atoms with E-state index in [0.29, 0.717) is 21.9 Å². The summed E-state index contributed by atoms with van der Waals surface area (Å²) in [4.78, 5) is 33.2. The Hall–Kier alpha value is -2.71. The predicted octanol–water partition coefficient (Wildman–Crippen LogP) is 2.63.